The van der Waals surface area contributed by atoms with Gasteiger partial charge in [-0.25, -0.2) is 9.78 Å². The van der Waals surface area contributed by atoms with Crippen LogP contribution in [0.3, 0.4) is 0 Å². The Balaban J connectivity index is 1.91. The summed E-state index contributed by atoms with van der Waals surface area (Å²) in [5.74, 6) is 0.524. The van der Waals surface area contributed by atoms with Crippen molar-refractivity contribution in [1.82, 2.24) is 4.98 Å². The van der Waals surface area contributed by atoms with Gasteiger partial charge in [0, 0.05) is 40.5 Å². The lowest BCUT2D eigenvalue weighted by Gasteiger charge is -2.18. The fourth-order valence-electron chi connectivity index (χ4n) is 2.80. The number of nitrogens with zero attached hydrogens (tertiary/aromatic N) is 1. The van der Waals surface area contributed by atoms with Crippen molar-refractivity contribution in [2.45, 2.75) is 19.6 Å². The number of rotatable bonds is 7. The number of halogens is 1. The van der Waals surface area contributed by atoms with Crippen LogP contribution in [-0.4, -0.2) is 18.2 Å². The summed E-state index contributed by atoms with van der Waals surface area (Å²) in [6.45, 7) is 2.44. The van der Waals surface area contributed by atoms with Crippen LogP contribution < -0.4 is 15.8 Å². The van der Waals surface area contributed by atoms with Gasteiger partial charge in [0.15, 0.2) is 0 Å². The van der Waals surface area contributed by atoms with Crippen LogP contribution in [0.25, 0.3) is 11.1 Å². The quantitative estimate of drug-likeness (QED) is 0.548. The Hall–Kier alpha value is -2.77. The summed E-state index contributed by atoms with van der Waals surface area (Å²) in [6.07, 6.45) is 0.403. The van der Waals surface area contributed by atoms with E-state index in [0.29, 0.717) is 12.4 Å². The molecule has 0 bridgehead atoms. The van der Waals surface area contributed by atoms with Crippen molar-refractivity contribution in [3.05, 3.63) is 63.4 Å². The smallest absolute Gasteiger partial charge is 0.405 e. The molecule has 1 aromatic carbocycles. The average Bonchev–Trinajstić information content (AvgIpc) is 3.11. The van der Waals surface area contributed by atoms with Gasteiger partial charge in [0.1, 0.15) is 6.10 Å². The normalized spacial score (nSPS) is 11.7. The molecule has 3 aromatic rings. The van der Waals surface area contributed by atoms with E-state index in [1.54, 1.807) is 26.3 Å². The number of nitrogens with one attached hydrogen (secondary N) is 1. The van der Waals surface area contributed by atoms with Crippen LogP contribution in [0.2, 0.25) is 4.34 Å². The molecule has 28 heavy (non-hydrogen) atoms. The van der Waals surface area contributed by atoms with Gasteiger partial charge < -0.3 is 20.5 Å². The van der Waals surface area contributed by atoms with Crippen LogP contribution in [0, 0.1) is 0 Å². The van der Waals surface area contributed by atoms with Crippen LogP contribution in [0.5, 0.6) is 5.88 Å². The van der Waals surface area contributed by atoms with E-state index in [0.717, 1.165) is 31.6 Å². The molecule has 6 nitrogen and oxygen atoms in total. The first-order chi connectivity index (χ1) is 13.5. The van der Waals surface area contributed by atoms with Crippen LogP contribution in [0.4, 0.5) is 10.5 Å². The Kier molecular flexibility index (Phi) is 6.38. The number of thiophene rings is 1. The van der Waals surface area contributed by atoms with Gasteiger partial charge in [-0.15, -0.1) is 11.3 Å². The van der Waals surface area contributed by atoms with Crippen LogP contribution in [0.1, 0.15) is 23.5 Å². The summed E-state index contributed by atoms with van der Waals surface area (Å²) in [7, 11) is 1.57. The highest BCUT2D eigenvalue weighted by Crippen LogP contribution is 2.33. The molecular formula is C20H20ClN3O3S. The molecule has 0 saturated carbocycles. The highest BCUT2D eigenvalue weighted by atomic mass is 35.5. The molecule has 0 aliphatic heterocycles. The van der Waals surface area contributed by atoms with E-state index < -0.39 is 12.2 Å². The van der Waals surface area contributed by atoms with Crippen molar-refractivity contribution in [2.24, 2.45) is 5.73 Å². The van der Waals surface area contributed by atoms with Gasteiger partial charge in [0.05, 0.1) is 11.4 Å². The molecule has 8 heteroatoms. The van der Waals surface area contributed by atoms with Crippen LogP contribution >= 0.6 is 22.9 Å². The lowest BCUT2D eigenvalue weighted by Crippen LogP contribution is -2.16. The minimum atomic E-state index is -0.817. The van der Waals surface area contributed by atoms with Crippen molar-refractivity contribution < 1.29 is 14.3 Å². The van der Waals surface area contributed by atoms with Crippen molar-refractivity contribution in [1.29, 1.82) is 0 Å². The molecule has 0 fully saturated rings. The van der Waals surface area contributed by atoms with Gasteiger partial charge in [-0.1, -0.05) is 17.7 Å². The summed E-state index contributed by atoms with van der Waals surface area (Å²) in [5, 5.41) is 3.39. The lowest BCUT2D eigenvalue weighted by molar-refractivity contribution is 0.117. The third kappa shape index (κ3) is 4.94. The highest BCUT2D eigenvalue weighted by Gasteiger charge is 2.16. The zero-order chi connectivity index (χ0) is 20.1. The first-order valence-electron chi connectivity index (χ1n) is 8.55. The Bertz CT molecular complexity index is 960. The van der Waals surface area contributed by atoms with Crippen molar-refractivity contribution in [3.8, 4) is 17.0 Å². The third-order valence-electron chi connectivity index (χ3n) is 4.14. The number of methoxy groups -OCH3 is 1. The number of carbonyl (C=O) groups excluding carboxylic acids is 1. The SMILES string of the molecule is COc1ccc(-c2cc(NCc3ccc(Cl)s3)ccc2C(C)OC(N)=O)cn1. The second kappa shape index (κ2) is 8.95. The minimum absolute atomic E-state index is 0.500. The maximum atomic E-state index is 11.2. The molecule has 0 aliphatic carbocycles. The second-order valence-electron chi connectivity index (χ2n) is 6.03. The molecule has 0 saturated heterocycles. The molecule has 1 atom stereocenters. The molecule has 0 radical (unpaired) electrons. The molecular weight excluding hydrogens is 398 g/mol. The number of primary amides is 1. The minimum Gasteiger partial charge on any atom is -0.481 e. The Morgan fingerprint density at radius 2 is 2.11 bits per heavy atom. The number of hydrogen-bond acceptors (Lipinski definition) is 6. The van der Waals surface area contributed by atoms with E-state index in [2.05, 4.69) is 10.3 Å². The van der Waals surface area contributed by atoms with E-state index in [9.17, 15) is 4.79 Å². The van der Waals surface area contributed by atoms with E-state index in [1.165, 1.54) is 11.3 Å². The number of carbonyl (C=O) groups is 1. The molecule has 146 valence electrons. The number of amides is 1. The summed E-state index contributed by atoms with van der Waals surface area (Å²) < 4.78 is 11.1. The van der Waals surface area contributed by atoms with Gasteiger partial charge in [-0.05, 0) is 42.8 Å². The Morgan fingerprint density at radius 3 is 2.71 bits per heavy atom. The number of nitrogens with two attached hydrogens (primary N) is 1. The molecule has 3 N–H and O–H groups in total. The third-order valence-corrected chi connectivity index (χ3v) is 5.37. The predicted molar refractivity (Wildman–Crippen MR) is 112 cm³/mol. The van der Waals surface area contributed by atoms with Gasteiger partial charge >= 0.3 is 6.09 Å². The Labute approximate surface area is 172 Å². The maximum absolute atomic E-state index is 11.2. The fourth-order valence-corrected chi connectivity index (χ4v) is 3.83. The summed E-state index contributed by atoms with van der Waals surface area (Å²) in [4.78, 5) is 16.6. The summed E-state index contributed by atoms with van der Waals surface area (Å²) in [6, 6.07) is 13.4. The molecule has 1 amide bonds. The summed E-state index contributed by atoms with van der Waals surface area (Å²) in [5.41, 5.74) is 8.70. The Morgan fingerprint density at radius 1 is 1.29 bits per heavy atom. The zero-order valence-corrected chi connectivity index (χ0v) is 17.0. The largest absolute Gasteiger partial charge is 0.481 e. The van der Waals surface area contributed by atoms with Gasteiger partial charge in [-0.2, -0.15) is 0 Å². The highest BCUT2D eigenvalue weighted by molar-refractivity contribution is 7.16. The predicted octanol–water partition coefficient (Wildman–Crippen LogP) is 5.24. The van der Waals surface area contributed by atoms with Crippen LogP contribution in [-0.2, 0) is 11.3 Å². The van der Waals surface area contributed by atoms with Crippen molar-refractivity contribution >= 4 is 34.7 Å². The monoisotopic (exact) mass is 417 g/mol. The van der Waals surface area contributed by atoms with Crippen molar-refractivity contribution in [3.63, 3.8) is 0 Å². The van der Waals surface area contributed by atoms with Gasteiger partial charge in [0.25, 0.3) is 0 Å². The second-order valence-corrected chi connectivity index (χ2v) is 7.83. The van der Waals surface area contributed by atoms with Crippen molar-refractivity contribution in [2.75, 3.05) is 12.4 Å². The van der Waals surface area contributed by atoms with Gasteiger partial charge in [-0.3, -0.25) is 0 Å². The molecule has 2 aromatic heterocycles. The fraction of sp³-hybridized carbons (Fsp3) is 0.200. The van der Waals surface area contributed by atoms with Gasteiger partial charge in [0.2, 0.25) is 5.88 Å². The maximum Gasteiger partial charge on any atom is 0.405 e. The molecule has 0 aliphatic rings. The molecule has 2 heterocycles. The number of aromatic nitrogens is 1. The van der Waals surface area contributed by atoms with E-state index >= 15 is 0 Å². The molecule has 0 spiro atoms. The van der Waals surface area contributed by atoms with Crippen LogP contribution in [0.15, 0.2) is 48.7 Å². The first-order valence-corrected chi connectivity index (χ1v) is 9.74. The standard InChI is InChI=1S/C20H20ClN3O3S/c1-12(27-20(22)25)16-6-4-14(23-11-15-5-7-18(21)28-15)9-17(16)13-3-8-19(26-2)24-10-13/h3-10,12,23H,11H2,1-2H3,(H2,22,25). The molecule has 3 rings (SSSR count). The van der Waals surface area contributed by atoms with E-state index in [4.69, 9.17) is 26.8 Å². The number of pyridine rings is 1. The number of anilines is 1. The van der Waals surface area contributed by atoms with E-state index in [1.807, 2.05) is 36.4 Å². The number of ether oxygens (including phenoxy) is 2. The first kappa shape index (κ1) is 20.0. The summed E-state index contributed by atoms with van der Waals surface area (Å²) >= 11 is 7.53. The number of hydrogen-bond donors (Lipinski definition) is 2. The lowest BCUT2D eigenvalue weighted by atomic mass is 9.97. The topological polar surface area (TPSA) is 86.5 Å². The van der Waals surface area contributed by atoms with E-state index in [-0.39, 0.29) is 0 Å². The molecule has 1 unspecified atom stereocenters. The number of benzene rings is 1. The average molecular weight is 418 g/mol. The zero-order valence-electron chi connectivity index (χ0n) is 15.4.